The highest BCUT2D eigenvalue weighted by Crippen LogP contribution is 2.28. The molecule has 0 saturated heterocycles. The quantitative estimate of drug-likeness (QED) is 0.876. The van der Waals surface area contributed by atoms with Gasteiger partial charge >= 0.3 is 0 Å². The minimum atomic E-state index is -3.66. The van der Waals surface area contributed by atoms with E-state index in [9.17, 15) is 8.42 Å². The number of anilines is 1. The zero-order valence-electron chi connectivity index (χ0n) is 13.1. The van der Waals surface area contributed by atoms with Gasteiger partial charge < -0.3 is 5.32 Å². The molecule has 0 spiro atoms. The van der Waals surface area contributed by atoms with Crippen LogP contribution in [0.15, 0.2) is 23.4 Å². The number of hydrogen-bond donors (Lipinski definition) is 2. The average Bonchev–Trinajstić information content (AvgIpc) is 2.24. The smallest absolute Gasteiger partial charge is 0.260 e. The predicted molar refractivity (Wildman–Crippen MR) is 82.3 cm³/mol. The molecule has 0 amide bonds. The molecule has 0 fully saturated rings. The van der Waals surface area contributed by atoms with Crippen molar-refractivity contribution in [1.29, 1.82) is 0 Å². The molecule has 20 heavy (non-hydrogen) atoms. The zero-order valence-corrected chi connectivity index (χ0v) is 13.9. The molecule has 0 aliphatic rings. The molecule has 0 aromatic carbocycles. The van der Waals surface area contributed by atoms with E-state index < -0.39 is 15.6 Å². The lowest BCUT2D eigenvalue weighted by atomic mass is 9.82. The van der Waals surface area contributed by atoms with Crippen LogP contribution in [0.3, 0.4) is 0 Å². The van der Waals surface area contributed by atoms with E-state index in [1.54, 1.807) is 19.2 Å². The van der Waals surface area contributed by atoms with E-state index in [0.717, 1.165) is 6.42 Å². The van der Waals surface area contributed by atoms with Crippen LogP contribution in [-0.2, 0) is 10.0 Å². The summed E-state index contributed by atoms with van der Waals surface area (Å²) in [6.07, 6.45) is 2.20. The van der Waals surface area contributed by atoms with Crippen molar-refractivity contribution in [3.05, 3.63) is 18.3 Å². The van der Waals surface area contributed by atoms with E-state index in [-0.39, 0.29) is 10.4 Å². The first-order valence-electron chi connectivity index (χ1n) is 6.64. The normalized spacial score (nSPS) is 13.3. The van der Waals surface area contributed by atoms with Crippen molar-refractivity contribution in [3.8, 4) is 0 Å². The van der Waals surface area contributed by atoms with E-state index in [0.29, 0.717) is 5.69 Å². The molecule has 0 aliphatic carbocycles. The SMILES string of the molecule is CNc1cccnc1S(=O)(=O)NC(C)(C)CC(C)(C)C. The van der Waals surface area contributed by atoms with E-state index >= 15 is 0 Å². The van der Waals surface area contributed by atoms with Gasteiger partial charge in [-0.2, -0.15) is 0 Å². The van der Waals surface area contributed by atoms with E-state index in [1.807, 2.05) is 13.8 Å². The maximum absolute atomic E-state index is 12.5. The van der Waals surface area contributed by atoms with Gasteiger partial charge in [-0.3, -0.25) is 0 Å². The van der Waals surface area contributed by atoms with E-state index in [1.165, 1.54) is 6.20 Å². The third kappa shape index (κ3) is 4.76. The van der Waals surface area contributed by atoms with Gasteiger partial charge in [0.25, 0.3) is 10.0 Å². The predicted octanol–water partition coefficient (Wildman–Crippen LogP) is 2.62. The Morgan fingerprint density at radius 2 is 1.80 bits per heavy atom. The minimum Gasteiger partial charge on any atom is -0.386 e. The Hall–Kier alpha value is -1.14. The summed E-state index contributed by atoms with van der Waals surface area (Å²) in [4.78, 5) is 3.99. The topological polar surface area (TPSA) is 71.1 Å². The van der Waals surface area contributed by atoms with E-state index in [4.69, 9.17) is 0 Å². The fraction of sp³-hybridized carbons (Fsp3) is 0.643. The van der Waals surface area contributed by atoms with Gasteiger partial charge in [0, 0.05) is 18.8 Å². The second kappa shape index (κ2) is 5.69. The first-order chi connectivity index (χ1) is 8.97. The molecule has 114 valence electrons. The molecule has 1 rings (SSSR count). The molecule has 1 aromatic rings. The molecule has 5 nitrogen and oxygen atoms in total. The second-order valence-corrected chi connectivity index (χ2v) is 8.43. The summed E-state index contributed by atoms with van der Waals surface area (Å²) >= 11 is 0. The van der Waals surface area contributed by atoms with Crippen LogP contribution in [0.5, 0.6) is 0 Å². The summed E-state index contributed by atoms with van der Waals surface area (Å²) in [6, 6.07) is 3.39. The lowest BCUT2D eigenvalue weighted by molar-refractivity contribution is 0.269. The van der Waals surface area contributed by atoms with Crippen LogP contribution in [0.25, 0.3) is 0 Å². The van der Waals surface area contributed by atoms with Gasteiger partial charge in [0.2, 0.25) is 0 Å². The van der Waals surface area contributed by atoms with Crippen LogP contribution in [0.1, 0.15) is 41.0 Å². The molecule has 0 bridgehead atoms. The largest absolute Gasteiger partial charge is 0.386 e. The summed E-state index contributed by atoms with van der Waals surface area (Å²) in [5, 5.41) is 2.89. The van der Waals surface area contributed by atoms with Crippen molar-refractivity contribution in [2.75, 3.05) is 12.4 Å². The van der Waals surface area contributed by atoms with Crippen molar-refractivity contribution >= 4 is 15.7 Å². The second-order valence-electron chi connectivity index (χ2n) is 6.83. The van der Waals surface area contributed by atoms with Crippen molar-refractivity contribution < 1.29 is 8.42 Å². The number of sulfonamides is 1. The molecule has 0 radical (unpaired) electrons. The maximum Gasteiger partial charge on any atom is 0.260 e. The van der Waals surface area contributed by atoms with Crippen molar-refractivity contribution in [3.63, 3.8) is 0 Å². The molecule has 0 aliphatic heterocycles. The Labute approximate surface area is 122 Å². The van der Waals surface area contributed by atoms with Crippen LogP contribution in [0, 0.1) is 5.41 Å². The van der Waals surface area contributed by atoms with Gasteiger partial charge in [-0.25, -0.2) is 18.1 Å². The molecule has 6 heteroatoms. The highest BCUT2D eigenvalue weighted by atomic mass is 32.2. The summed E-state index contributed by atoms with van der Waals surface area (Å²) in [5.41, 5.74) is -0.0201. The Balaban J connectivity index is 3.06. The third-order valence-corrected chi connectivity index (χ3v) is 4.33. The van der Waals surface area contributed by atoms with Crippen molar-refractivity contribution in [2.45, 2.75) is 51.6 Å². The summed E-state index contributed by atoms with van der Waals surface area (Å²) < 4.78 is 27.7. The van der Waals surface area contributed by atoms with Gasteiger partial charge in [0.1, 0.15) is 0 Å². The Kier molecular flexibility index (Phi) is 4.82. The third-order valence-electron chi connectivity index (χ3n) is 2.68. The highest BCUT2D eigenvalue weighted by molar-refractivity contribution is 7.89. The van der Waals surface area contributed by atoms with Crippen LogP contribution in [0.4, 0.5) is 5.69 Å². The molecule has 0 saturated carbocycles. The number of nitrogens with zero attached hydrogens (tertiary/aromatic N) is 1. The van der Waals surface area contributed by atoms with Gasteiger partial charge in [-0.15, -0.1) is 0 Å². The average molecular weight is 299 g/mol. The van der Waals surface area contributed by atoms with Crippen LogP contribution in [-0.4, -0.2) is 26.0 Å². The lowest BCUT2D eigenvalue weighted by Crippen LogP contribution is -2.46. The molecule has 0 atom stereocenters. The standard InChI is InChI=1S/C14H25N3O2S/c1-13(2,3)10-14(4,5)17-20(18,19)12-11(15-6)8-7-9-16-12/h7-9,15,17H,10H2,1-6H3. The van der Waals surface area contributed by atoms with Crippen LogP contribution in [0.2, 0.25) is 0 Å². The van der Waals surface area contributed by atoms with Gasteiger partial charge in [-0.1, -0.05) is 20.8 Å². The first-order valence-corrected chi connectivity index (χ1v) is 8.12. The molecule has 2 N–H and O–H groups in total. The van der Waals surface area contributed by atoms with E-state index in [2.05, 4.69) is 35.8 Å². The lowest BCUT2D eigenvalue weighted by Gasteiger charge is -2.32. The van der Waals surface area contributed by atoms with Crippen LogP contribution >= 0.6 is 0 Å². The zero-order chi connectivity index (χ0) is 15.6. The number of aromatic nitrogens is 1. The summed E-state index contributed by atoms with van der Waals surface area (Å²) in [6.45, 7) is 10.0. The van der Waals surface area contributed by atoms with Gasteiger partial charge in [0.15, 0.2) is 5.03 Å². The Morgan fingerprint density at radius 1 is 1.20 bits per heavy atom. The minimum absolute atomic E-state index is 0.0297. The fourth-order valence-corrected chi connectivity index (χ4v) is 4.12. The highest BCUT2D eigenvalue weighted by Gasteiger charge is 2.32. The first kappa shape index (κ1) is 16.9. The Bertz CT molecular complexity index is 560. The molecular weight excluding hydrogens is 274 g/mol. The van der Waals surface area contributed by atoms with Crippen molar-refractivity contribution in [1.82, 2.24) is 9.71 Å². The Morgan fingerprint density at radius 3 is 2.30 bits per heavy atom. The molecular formula is C14H25N3O2S. The van der Waals surface area contributed by atoms with Gasteiger partial charge in [-0.05, 0) is 37.8 Å². The maximum atomic E-state index is 12.5. The van der Waals surface area contributed by atoms with Crippen molar-refractivity contribution in [2.24, 2.45) is 5.41 Å². The van der Waals surface area contributed by atoms with Crippen LogP contribution < -0.4 is 10.0 Å². The molecule has 0 unspecified atom stereocenters. The number of nitrogens with one attached hydrogen (secondary N) is 2. The molecule has 1 aromatic heterocycles. The summed E-state index contributed by atoms with van der Waals surface area (Å²) in [5.74, 6) is 0. The fourth-order valence-electron chi connectivity index (χ4n) is 2.57. The van der Waals surface area contributed by atoms with Gasteiger partial charge in [0.05, 0.1) is 5.69 Å². The number of rotatable bonds is 5. The number of pyridine rings is 1. The number of hydrogen-bond acceptors (Lipinski definition) is 4. The summed E-state index contributed by atoms with van der Waals surface area (Å²) in [7, 11) is -1.98. The molecule has 1 heterocycles. The monoisotopic (exact) mass is 299 g/mol.